The normalized spacial score (nSPS) is 21.6. The van der Waals surface area contributed by atoms with Gasteiger partial charge in [0.25, 0.3) is 5.91 Å². The number of aromatic amines is 1. The van der Waals surface area contributed by atoms with Crippen molar-refractivity contribution < 1.29 is 9.32 Å². The van der Waals surface area contributed by atoms with E-state index < -0.39 is 0 Å². The van der Waals surface area contributed by atoms with Gasteiger partial charge in [-0.15, -0.1) is 0 Å². The number of hydrogen-bond donors (Lipinski definition) is 2. The summed E-state index contributed by atoms with van der Waals surface area (Å²) in [6, 6.07) is 1.72. The topological polar surface area (TPSA) is 86.5 Å². The number of hydrogen-bond acceptors (Lipinski definition) is 5. The molecule has 0 spiro atoms. The zero-order valence-electron chi connectivity index (χ0n) is 15.3. The molecule has 2 aromatic heterocycles. The number of likely N-dealkylation sites (tertiary alicyclic amines) is 1. The molecular weight excluding hydrogens is 342 g/mol. The van der Waals surface area contributed by atoms with Crippen molar-refractivity contribution in [3.8, 4) is 0 Å². The van der Waals surface area contributed by atoms with E-state index in [1.165, 1.54) is 42.5 Å². The van der Waals surface area contributed by atoms with Crippen LogP contribution >= 0.6 is 0 Å². The number of nitrogens with zero attached hydrogens (tertiary/aromatic N) is 3. The summed E-state index contributed by atoms with van der Waals surface area (Å²) in [6.45, 7) is 3.25. The molecule has 0 bridgehead atoms. The van der Waals surface area contributed by atoms with Crippen LogP contribution in [0.25, 0.3) is 6.08 Å². The Labute approximate surface area is 157 Å². The zero-order chi connectivity index (χ0) is 18.2. The Kier molecular flexibility index (Phi) is 4.16. The van der Waals surface area contributed by atoms with E-state index >= 15 is 0 Å². The highest BCUT2D eigenvalue weighted by Gasteiger charge is 2.28. The van der Waals surface area contributed by atoms with Crippen LogP contribution in [0.5, 0.6) is 0 Å². The van der Waals surface area contributed by atoms with Crippen LogP contribution in [0.4, 0.5) is 0 Å². The van der Waals surface area contributed by atoms with Crippen LogP contribution in [0.15, 0.2) is 27.5 Å². The minimum atomic E-state index is -0.207. The van der Waals surface area contributed by atoms with Crippen LogP contribution in [0.3, 0.4) is 0 Å². The highest BCUT2D eigenvalue weighted by atomic mass is 16.5. The molecule has 1 fully saturated rings. The molecule has 1 aliphatic carbocycles. The molecule has 1 amide bonds. The minimum absolute atomic E-state index is 0.207. The lowest BCUT2D eigenvalue weighted by molar-refractivity contribution is -0.116. The van der Waals surface area contributed by atoms with Crippen molar-refractivity contribution >= 4 is 17.7 Å². The van der Waals surface area contributed by atoms with E-state index in [2.05, 4.69) is 25.6 Å². The number of aromatic nitrogens is 2. The summed E-state index contributed by atoms with van der Waals surface area (Å²) in [5.41, 5.74) is 8.75. The van der Waals surface area contributed by atoms with Gasteiger partial charge in [-0.25, -0.2) is 5.43 Å². The molecule has 4 heterocycles. The average molecular weight is 365 g/mol. The quantitative estimate of drug-likeness (QED) is 0.815. The minimum Gasteiger partial charge on any atom is -0.358 e. The molecule has 0 atom stereocenters. The first-order chi connectivity index (χ1) is 13.3. The van der Waals surface area contributed by atoms with Gasteiger partial charge in [0.05, 0.1) is 11.8 Å². The number of aryl methyl sites for hydroxylation is 1. The van der Waals surface area contributed by atoms with Crippen LogP contribution in [0.2, 0.25) is 0 Å². The van der Waals surface area contributed by atoms with E-state index in [9.17, 15) is 4.79 Å². The summed E-state index contributed by atoms with van der Waals surface area (Å²) in [4.78, 5) is 18.5. The number of H-pyrrole nitrogens is 1. The van der Waals surface area contributed by atoms with Crippen molar-refractivity contribution in [3.05, 3.63) is 46.1 Å². The van der Waals surface area contributed by atoms with E-state index in [4.69, 9.17) is 4.52 Å². The number of carbonyl (C=O) groups is 1. The van der Waals surface area contributed by atoms with Crippen LogP contribution in [-0.2, 0) is 24.2 Å². The van der Waals surface area contributed by atoms with Crippen LogP contribution in [0.1, 0.15) is 54.0 Å². The van der Waals surface area contributed by atoms with Crippen molar-refractivity contribution in [2.75, 3.05) is 13.1 Å². The van der Waals surface area contributed by atoms with Crippen LogP contribution < -0.4 is 5.43 Å². The number of rotatable bonds is 4. The molecule has 7 heteroatoms. The van der Waals surface area contributed by atoms with E-state index in [1.54, 1.807) is 12.3 Å². The van der Waals surface area contributed by atoms with Gasteiger partial charge in [0.2, 0.25) is 0 Å². The third-order valence-corrected chi connectivity index (χ3v) is 5.75. The van der Waals surface area contributed by atoms with E-state index in [0.29, 0.717) is 17.0 Å². The highest BCUT2D eigenvalue weighted by molar-refractivity contribution is 6.32. The molecule has 2 aromatic rings. The summed E-state index contributed by atoms with van der Waals surface area (Å²) in [7, 11) is 0. The third kappa shape index (κ3) is 3.02. The number of nitrogens with one attached hydrogen (secondary N) is 2. The maximum Gasteiger partial charge on any atom is 0.273 e. The summed E-state index contributed by atoms with van der Waals surface area (Å²) in [5.74, 6) is 0.290. The van der Waals surface area contributed by atoms with Crippen LogP contribution in [0, 0.1) is 0 Å². The third-order valence-electron chi connectivity index (χ3n) is 5.75. The second-order valence-corrected chi connectivity index (χ2v) is 7.50. The van der Waals surface area contributed by atoms with Crippen molar-refractivity contribution in [2.24, 2.45) is 5.10 Å². The van der Waals surface area contributed by atoms with Gasteiger partial charge >= 0.3 is 0 Å². The molecule has 0 radical (unpaired) electrons. The van der Waals surface area contributed by atoms with E-state index in [0.717, 1.165) is 38.2 Å². The molecule has 0 aromatic carbocycles. The average Bonchev–Trinajstić information content (AvgIpc) is 3.46. The smallest absolute Gasteiger partial charge is 0.273 e. The van der Waals surface area contributed by atoms with Crippen molar-refractivity contribution in [1.82, 2.24) is 20.5 Å². The molecular formula is C20H23N5O2. The van der Waals surface area contributed by atoms with Crippen molar-refractivity contribution in [2.45, 2.75) is 45.1 Å². The molecule has 27 heavy (non-hydrogen) atoms. The Bertz CT molecular complexity index is 917. The molecule has 7 nitrogen and oxygen atoms in total. The van der Waals surface area contributed by atoms with Gasteiger partial charge in [0, 0.05) is 24.0 Å². The maximum absolute atomic E-state index is 12.4. The number of fused-ring (bicyclic) bond motifs is 1. The van der Waals surface area contributed by atoms with Gasteiger partial charge in [-0.05, 0) is 68.8 Å². The first-order valence-corrected chi connectivity index (χ1v) is 9.75. The summed E-state index contributed by atoms with van der Waals surface area (Å²) < 4.78 is 5.22. The van der Waals surface area contributed by atoms with Gasteiger partial charge < -0.3 is 9.51 Å². The predicted octanol–water partition coefficient (Wildman–Crippen LogP) is 2.39. The maximum atomic E-state index is 12.4. The molecule has 140 valence electrons. The van der Waals surface area contributed by atoms with Crippen molar-refractivity contribution in [1.29, 1.82) is 0 Å². The fourth-order valence-electron chi connectivity index (χ4n) is 4.38. The molecule has 5 rings (SSSR count). The molecule has 3 aliphatic rings. The van der Waals surface area contributed by atoms with Gasteiger partial charge in [0.15, 0.2) is 5.76 Å². The lowest BCUT2D eigenvalue weighted by Crippen LogP contribution is -2.20. The van der Waals surface area contributed by atoms with E-state index in [-0.39, 0.29) is 5.91 Å². The Hall–Kier alpha value is -2.67. The molecule has 0 saturated carbocycles. The van der Waals surface area contributed by atoms with Gasteiger partial charge in [-0.1, -0.05) is 5.16 Å². The molecule has 1 saturated heterocycles. The summed E-state index contributed by atoms with van der Waals surface area (Å²) in [6.07, 6.45) is 10.7. The fourth-order valence-corrected chi connectivity index (χ4v) is 4.38. The molecule has 0 unspecified atom stereocenters. The van der Waals surface area contributed by atoms with Gasteiger partial charge in [-0.3, -0.25) is 9.69 Å². The van der Waals surface area contributed by atoms with Gasteiger partial charge in [-0.2, -0.15) is 5.10 Å². The standard InChI is InChI=1S/C20H23N5O2/c26-20-14(19(23-24-20)18-7-8-21-27-18)11-17-15(12-25-9-3-4-10-25)13-5-1-2-6-16(13)22-17/h7-8,11,22H,1-6,9-10,12H2,(H,24,26). The monoisotopic (exact) mass is 365 g/mol. The second-order valence-electron chi connectivity index (χ2n) is 7.50. The lowest BCUT2D eigenvalue weighted by Gasteiger charge is -2.18. The fraction of sp³-hybridized carbons (Fsp3) is 0.450. The van der Waals surface area contributed by atoms with Crippen molar-refractivity contribution in [3.63, 3.8) is 0 Å². The number of hydrazone groups is 1. The molecule has 2 N–H and O–H groups in total. The SMILES string of the molecule is O=C1NN=C(c2ccno2)C1=Cc1[nH]c2c(c1CN1CCCC1)CCCC2. The Balaban J connectivity index is 1.55. The predicted molar refractivity (Wildman–Crippen MR) is 101 cm³/mol. The first kappa shape index (κ1) is 16.5. The lowest BCUT2D eigenvalue weighted by atomic mass is 9.94. The summed E-state index contributed by atoms with van der Waals surface area (Å²) >= 11 is 0. The zero-order valence-corrected chi connectivity index (χ0v) is 15.3. The first-order valence-electron chi connectivity index (χ1n) is 9.75. The number of amides is 1. The molecule has 2 aliphatic heterocycles. The van der Waals surface area contributed by atoms with E-state index in [1.807, 2.05) is 6.08 Å². The second kappa shape index (κ2) is 6.81. The summed E-state index contributed by atoms with van der Waals surface area (Å²) in [5, 5.41) is 7.88. The Morgan fingerprint density at radius 2 is 2.04 bits per heavy atom. The number of carbonyl (C=O) groups excluding carboxylic acids is 1. The highest BCUT2D eigenvalue weighted by Crippen LogP contribution is 2.31. The van der Waals surface area contributed by atoms with Gasteiger partial charge in [0.1, 0.15) is 5.71 Å². The largest absolute Gasteiger partial charge is 0.358 e. The Morgan fingerprint density at radius 3 is 2.85 bits per heavy atom. The Morgan fingerprint density at radius 1 is 1.19 bits per heavy atom. The van der Waals surface area contributed by atoms with Crippen LogP contribution in [-0.4, -0.2) is 39.7 Å².